The van der Waals surface area contributed by atoms with E-state index < -0.39 is 0 Å². The molecule has 1 aliphatic heterocycles. The van der Waals surface area contributed by atoms with Crippen LogP contribution in [-0.4, -0.2) is 37.6 Å². The molecule has 0 aromatic rings. The standard InChI is InChI=1S/C15H32N2/c1-4-6-15(7-5-2)16-11-8-14-9-12-17(3)13-10-14/h14-16H,4-13H2,1-3H3. The maximum absolute atomic E-state index is 3.77. The number of nitrogens with zero attached hydrogens (tertiary/aromatic N) is 1. The number of hydrogen-bond donors (Lipinski definition) is 1. The highest BCUT2D eigenvalue weighted by atomic mass is 15.1. The Morgan fingerprint density at radius 3 is 2.24 bits per heavy atom. The molecule has 1 N–H and O–H groups in total. The molecule has 0 saturated carbocycles. The quantitative estimate of drug-likeness (QED) is 0.700. The summed E-state index contributed by atoms with van der Waals surface area (Å²) in [7, 11) is 2.24. The summed E-state index contributed by atoms with van der Waals surface area (Å²) >= 11 is 0. The minimum atomic E-state index is 0.774. The Morgan fingerprint density at radius 1 is 1.12 bits per heavy atom. The van der Waals surface area contributed by atoms with Gasteiger partial charge in [-0.15, -0.1) is 0 Å². The molecule has 1 aliphatic rings. The molecule has 1 heterocycles. The Labute approximate surface area is 108 Å². The van der Waals surface area contributed by atoms with E-state index in [1.54, 1.807) is 0 Å². The highest BCUT2D eigenvalue weighted by Crippen LogP contribution is 2.19. The van der Waals surface area contributed by atoms with Crippen LogP contribution in [0.1, 0.15) is 58.8 Å². The summed E-state index contributed by atoms with van der Waals surface area (Å²) in [5.41, 5.74) is 0. The molecular formula is C15H32N2. The minimum absolute atomic E-state index is 0.774. The van der Waals surface area contributed by atoms with E-state index in [1.807, 2.05) is 0 Å². The lowest BCUT2D eigenvalue weighted by Gasteiger charge is -2.29. The van der Waals surface area contributed by atoms with Gasteiger partial charge in [-0.2, -0.15) is 0 Å². The summed E-state index contributed by atoms with van der Waals surface area (Å²) in [6.45, 7) is 8.43. The van der Waals surface area contributed by atoms with Crippen LogP contribution >= 0.6 is 0 Å². The molecule has 0 atom stereocenters. The Bertz CT molecular complexity index is 168. The monoisotopic (exact) mass is 240 g/mol. The molecule has 17 heavy (non-hydrogen) atoms. The van der Waals surface area contributed by atoms with Gasteiger partial charge < -0.3 is 10.2 Å². The molecule has 0 amide bonds. The minimum Gasteiger partial charge on any atom is -0.314 e. The van der Waals surface area contributed by atoms with E-state index >= 15 is 0 Å². The van der Waals surface area contributed by atoms with Gasteiger partial charge in [-0.3, -0.25) is 0 Å². The van der Waals surface area contributed by atoms with Gasteiger partial charge in [0.25, 0.3) is 0 Å². The van der Waals surface area contributed by atoms with Crippen LogP contribution in [0.15, 0.2) is 0 Å². The van der Waals surface area contributed by atoms with E-state index in [-0.39, 0.29) is 0 Å². The maximum Gasteiger partial charge on any atom is 0.00668 e. The van der Waals surface area contributed by atoms with Crippen molar-refractivity contribution in [2.24, 2.45) is 5.92 Å². The van der Waals surface area contributed by atoms with Crippen molar-refractivity contribution in [3.05, 3.63) is 0 Å². The zero-order chi connectivity index (χ0) is 12.5. The average Bonchev–Trinajstić information content (AvgIpc) is 2.32. The number of rotatable bonds is 8. The maximum atomic E-state index is 3.77. The first-order valence-corrected chi connectivity index (χ1v) is 7.68. The van der Waals surface area contributed by atoms with E-state index in [9.17, 15) is 0 Å². The van der Waals surface area contributed by atoms with Crippen molar-refractivity contribution in [3.63, 3.8) is 0 Å². The van der Waals surface area contributed by atoms with Gasteiger partial charge in [0.1, 0.15) is 0 Å². The third-order valence-electron chi connectivity index (χ3n) is 4.10. The van der Waals surface area contributed by atoms with Crippen LogP contribution in [0.3, 0.4) is 0 Å². The Kier molecular flexibility index (Phi) is 7.87. The van der Waals surface area contributed by atoms with Crippen molar-refractivity contribution >= 4 is 0 Å². The van der Waals surface area contributed by atoms with Crippen molar-refractivity contribution in [1.82, 2.24) is 10.2 Å². The largest absolute Gasteiger partial charge is 0.314 e. The Balaban J connectivity index is 2.08. The first-order valence-electron chi connectivity index (χ1n) is 7.68. The number of hydrogen-bond acceptors (Lipinski definition) is 2. The molecule has 2 nitrogen and oxygen atoms in total. The molecule has 1 rings (SSSR count). The van der Waals surface area contributed by atoms with E-state index in [1.165, 1.54) is 64.6 Å². The van der Waals surface area contributed by atoms with Crippen molar-refractivity contribution in [3.8, 4) is 0 Å². The molecule has 0 spiro atoms. The Hall–Kier alpha value is -0.0800. The fourth-order valence-corrected chi connectivity index (χ4v) is 2.89. The van der Waals surface area contributed by atoms with Gasteiger partial charge in [-0.25, -0.2) is 0 Å². The molecule has 0 unspecified atom stereocenters. The molecule has 0 bridgehead atoms. The van der Waals surface area contributed by atoms with E-state index in [4.69, 9.17) is 0 Å². The summed E-state index contributed by atoms with van der Waals surface area (Å²) in [5, 5.41) is 3.77. The molecule has 1 fully saturated rings. The van der Waals surface area contributed by atoms with Gasteiger partial charge in [0.2, 0.25) is 0 Å². The zero-order valence-electron chi connectivity index (χ0n) is 12.2. The van der Waals surface area contributed by atoms with E-state index in [0.717, 1.165) is 12.0 Å². The molecule has 0 aromatic carbocycles. The van der Waals surface area contributed by atoms with Crippen LogP contribution < -0.4 is 5.32 Å². The SMILES string of the molecule is CCCC(CCC)NCCC1CCN(C)CC1. The summed E-state index contributed by atoms with van der Waals surface area (Å²) in [6.07, 6.45) is 9.52. The third-order valence-corrected chi connectivity index (χ3v) is 4.10. The van der Waals surface area contributed by atoms with Crippen LogP contribution in [-0.2, 0) is 0 Å². The van der Waals surface area contributed by atoms with Gasteiger partial charge in [-0.05, 0) is 64.7 Å². The number of nitrogens with one attached hydrogen (secondary N) is 1. The first kappa shape index (κ1) is 15.0. The molecule has 0 aliphatic carbocycles. The smallest absolute Gasteiger partial charge is 0.00668 e. The van der Waals surface area contributed by atoms with Gasteiger partial charge >= 0.3 is 0 Å². The first-order chi connectivity index (χ1) is 8.26. The molecule has 1 saturated heterocycles. The van der Waals surface area contributed by atoms with Crippen LogP contribution in [0.5, 0.6) is 0 Å². The second kappa shape index (κ2) is 8.93. The van der Waals surface area contributed by atoms with Gasteiger partial charge in [0, 0.05) is 6.04 Å². The number of likely N-dealkylation sites (tertiary alicyclic amines) is 1. The van der Waals surface area contributed by atoms with Crippen LogP contribution in [0.2, 0.25) is 0 Å². The fourth-order valence-electron chi connectivity index (χ4n) is 2.89. The highest BCUT2D eigenvalue weighted by molar-refractivity contribution is 4.72. The lowest BCUT2D eigenvalue weighted by molar-refractivity contribution is 0.210. The molecule has 0 aromatic heterocycles. The lowest BCUT2D eigenvalue weighted by Crippen LogP contribution is -2.34. The Morgan fingerprint density at radius 2 is 1.71 bits per heavy atom. The predicted octanol–water partition coefficient (Wildman–Crippen LogP) is 3.28. The predicted molar refractivity (Wildman–Crippen MR) is 76.4 cm³/mol. The van der Waals surface area contributed by atoms with Crippen LogP contribution in [0, 0.1) is 5.92 Å². The van der Waals surface area contributed by atoms with Crippen LogP contribution in [0.25, 0.3) is 0 Å². The average molecular weight is 240 g/mol. The third kappa shape index (κ3) is 6.42. The lowest BCUT2D eigenvalue weighted by atomic mass is 9.93. The summed E-state index contributed by atoms with van der Waals surface area (Å²) in [6, 6.07) is 0.774. The van der Waals surface area contributed by atoms with Crippen molar-refractivity contribution < 1.29 is 0 Å². The fraction of sp³-hybridized carbons (Fsp3) is 1.00. The molecular weight excluding hydrogens is 208 g/mol. The van der Waals surface area contributed by atoms with Crippen molar-refractivity contribution in [1.29, 1.82) is 0 Å². The van der Waals surface area contributed by atoms with Gasteiger partial charge in [0.05, 0.1) is 0 Å². The number of piperidine rings is 1. The van der Waals surface area contributed by atoms with Crippen molar-refractivity contribution in [2.75, 3.05) is 26.7 Å². The van der Waals surface area contributed by atoms with Gasteiger partial charge in [0.15, 0.2) is 0 Å². The van der Waals surface area contributed by atoms with E-state index in [0.29, 0.717) is 0 Å². The highest BCUT2D eigenvalue weighted by Gasteiger charge is 2.16. The second-order valence-electron chi connectivity index (χ2n) is 5.76. The summed E-state index contributed by atoms with van der Waals surface area (Å²) in [4.78, 5) is 2.46. The second-order valence-corrected chi connectivity index (χ2v) is 5.76. The normalized spacial score (nSPS) is 19.1. The zero-order valence-corrected chi connectivity index (χ0v) is 12.2. The molecule has 102 valence electrons. The molecule has 2 heteroatoms. The van der Waals surface area contributed by atoms with Crippen LogP contribution in [0.4, 0.5) is 0 Å². The van der Waals surface area contributed by atoms with Crippen molar-refractivity contribution in [2.45, 2.75) is 64.8 Å². The topological polar surface area (TPSA) is 15.3 Å². The van der Waals surface area contributed by atoms with Gasteiger partial charge in [-0.1, -0.05) is 26.7 Å². The molecule has 0 radical (unpaired) electrons. The summed E-state index contributed by atoms with van der Waals surface area (Å²) in [5.74, 6) is 0.975. The van der Waals surface area contributed by atoms with E-state index in [2.05, 4.69) is 31.1 Å². The summed E-state index contributed by atoms with van der Waals surface area (Å²) < 4.78 is 0.